The number of hydrogen-bond acceptors (Lipinski definition) is 0. The van der Waals surface area contributed by atoms with Crippen LogP contribution in [0.5, 0.6) is 0 Å². The topological polar surface area (TPSA) is 0 Å². The summed E-state index contributed by atoms with van der Waals surface area (Å²) >= 11 is 0. The summed E-state index contributed by atoms with van der Waals surface area (Å²) in [5, 5.41) is 4.22. The van der Waals surface area contributed by atoms with Gasteiger partial charge in [0.1, 0.15) is 0 Å². The predicted molar refractivity (Wildman–Crippen MR) is 91.0 cm³/mol. The molecule has 0 amide bonds. The van der Waals surface area contributed by atoms with Crippen LogP contribution in [0.15, 0.2) is 84.9 Å². The summed E-state index contributed by atoms with van der Waals surface area (Å²) in [6.45, 7) is 2.16. The van der Waals surface area contributed by atoms with E-state index in [9.17, 15) is 0 Å². The van der Waals surface area contributed by atoms with Crippen LogP contribution < -0.4 is 34.8 Å². The van der Waals surface area contributed by atoms with Crippen molar-refractivity contribution in [3.63, 3.8) is 0 Å². The molecule has 0 bridgehead atoms. The maximum Gasteiger partial charge on any atom is 1.00 e. The first kappa shape index (κ1) is 16.1. The fourth-order valence-corrected chi connectivity index (χ4v) is 4.77. The molecule has 3 aromatic rings. The van der Waals surface area contributed by atoms with E-state index in [1.807, 2.05) is 0 Å². The van der Waals surface area contributed by atoms with Crippen LogP contribution >= 0.6 is 7.92 Å². The molecule has 3 aromatic carbocycles. The summed E-state index contributed by atoms with van der Waals surface area (Å²) in [6, 6.07) is 30.5. The quantitative estimate of drug-likeness (QED) is 0.494. The molecule has 0 aliphatic heterocycles. The average molecular weight is 284 g/mol. The molecule has 0 aliphatic carbocycles. The van der Waals surface area contributed by atoms with Crippen molar-refractivity contribution in [3.05, 3.63) is 90.5 Å². The molecule has 100 valence electrons. The molecule has 0 atom stereocenters. The minimum Gasteiger partial charge on any atom is -1.00 e. The third-order valence-electron chi connectivity index (χ3n) is 3.29. The van der Waals surface area contributed by atoms with E-state index in [4.69, 9.17) is 0 Å². The van der Waals surface area contributed by atoms with Crippen LogP contribution in [0.25, 0.3) is 0 Å². The summed E-state index contributed by atoms with van der Waals surface area (Å²) in [7, 11) is -0.462. The molecule has 0 heterocycles. The van der Waals surface area contributed by atoms with Gasteiger partial charge >= 0.3 is 18.9 Å². The normalized spacial score (nSPS) is 10.2. The minimum absolute atomic E-state index is 0. The minimum atomic E-state index is -0.462. The molecule has 2 heteroatoms. The molecular weight excluding hydrogens is 266 g/mol. The molecule has 0 radical (unpaired) electrons. The summed E-state index contributed by atoms with van der Waals surface area (Å²) < 4.78 is 0. The molecule has 0 aromatic heterocycles. The van der Waals surface area contributed by atoms with Crippen LogP contribution in [-0.4, -0.2) is 0 Å². The number of hydrogen-bond donors (Lipinski definition) is 0. The van der Waals surface area contributed by atoms with Crippen molar-refractivity contribution in [2.75, 3.05) is 0 Å². The first-order chi connectivity index (χ1) is 9.84. The molecule has 0 spiro atoms. The van der Waals surface area contributed by atoms with Crippen molar-refractivity contribution in [2.45, 2.75) is 6.92 Å². The van der Waals surface area contributed by atoms with Gasteiger partial charge in [-0.1, -0.05) is 90.5 Å². The molecule has 0 saturated carbocycles. The van der Waals surface area contributed by atoms with E-state index in [0.29, 0.717) is 0 Å². The van der Waals surface area contributed by atoms with Crippen molar-refractivity contribution >= 4 is 23.8 Å². The van der Waals surface area contributed by atoms with Gasteiger partial charge in [-0.3, -0.25) is 0 Å². The van der Waals surface area contributed by atoms with E-state index in [1.54, 1.807) is 0 Å². The van der Waals surface area contributed by atoms with Gasteiger partial charge in [-0.25, -0.2) is 0 Å². The molecule has 0 aliphatic rings. The Morgan fingerprint density at radius 1 is 0.619 bits per heavy atom. The van der Waals surface area contributed by atoms with E-state index in [0.717, 1.165) is 0 Å². The van der Waals surface area contributed by atoms with E-state index in [1.165, 1.54) is 21.5 Å². The van der Waals surface area contributed by atoms with Gasteiger partial charge in [0.2, 0.25) is 0 Å². The molecule has 21 heavy (non-hydrogen) atoms. The molecule has 0 nitrogen and oxygen atoms in total. The zero-order chi connectivity index (χ0) is 13.8. The second-order valence-electron chi connectivity index (χ2n) is 4.85. The molecule has 0 N–H and O–H groups in total. The van der Waals surface area contributed by atoms with Gasteiger partial charge in [0.25, 0.3) is 0 Å². The zero-order valence-electron chi connectivity index (χ0n) is 13.5. The molecule has 0 fully saturated rings. The van der Waals surface area contributed by atoms with E-state index in [-0.39, 0.29) is 20.3 Å². The average Bonchev–Trinajstić information content (AvgIpc) is 2.50. The number of rotatable bonds is 3. The van der Waals surface area contributed by atoms with E-state index in [2.05, 4.69) is 91.9 Å². The Morgan fingerprint density at radius 3 is 1.57 bits per heavy atom. The predicted octanol–water partition coefficient (Wildman–Crippen LogP) is 0.870. The van der Waals surface area contributed by atoms with Gasteiger partial charge in [-0.2, -0.15) is 0 Å². The summed E-state index contributed by atoms with van der Waals surface area (Å²) in [5.74, 6) is 0. The first-order valence-corrected chi connectivity index (χ1v) is 8.16. The fraction of sp³-hybridized carbons (Fsp3) is 0.0526. The Bertz CT molecular complexity index is 647. The maximum absolute atomic E-state index is 2.31. The Balaban J connectivity index is 0.00000121. The molecular formula is C19H18LiP. The Labute approximate surface area is 141 Å². The van der Waals surface area contributed by atoms with Crippen molar-refractivity contribution in [1.29, 1.82) is 0 Å². The van der Waals surface area contributed by atoms with Crippen LogP contribution in [0.4, 0.5) is 0 Å². The van der Waals surface area contributed by atoms with Crippen LogP contribution in [0.2, 0.25) is 0 Å². The maximum atomic E-state index is 2.31. The van der Waals surface area contributed by atoms with Crippen LogP contribution in [0.1, 0.15) is 6.99 Å². The van der Waals surface area contributed by atoms with Crippen LogP contribution in [0, 0.1) is 6.92 Å². The van der Waals surface area contributed by atoms with Crippen molar-refractivity contribution in [3.8, 4) is 0 Å². The molecule has 0 unspecified atom stereocenters. The van der Waals surface area contributed by atoms with Gasteiger partial charge in [0.15, 0.2) is 0 Å². The van der Waals surface area contributed by atoms with Gasteiger partial charge in [-0.05, 0) is 30.8 Å². The van der Waals surface area contributed by atoms with Crippen molar-refractivity contribution in [2.24, 2.45) is 0 Å². The number of aryl methyl sites for hydroxylation is 1. The van der Waals surface area contributed by atoms with Crippen molar-refractivity contribution in [1.82, 2.24) is 0 Å². The van der Waals surface area contributed by atoms with Crippen molar-refractivity contribution < 1.29 is 20.3 Å². The second kappa shape index (κ2) is 7.63. The third-order valence-corrected chi connectivity index (χ3v) is 5.71. The smallest absolute Gasteiger partial charge is 1.00 e. The van der Waals surface area contributed by atoms with E-state index >= 15 is 0 Å². The standard InChI is InChI=1S/C19H17P.Li.H/c1-16-9-8-14-19(15-16)20(17-10-4-2-5-11-17)18-12-6-3-7-13-18;;/h2-15H,1H3;;/q;+1;-1. The largest absolute Gasteiger partial charge is 1.00 e. The van der Waals surface area contributed by atoms with Gasteiger partial charge in [0.05, 0.1) is 0 Å². The monoisotopic (exact) mass is 284 g/mol. The third kappa shape index (κ3) is 3.87. The molecule has 0 saturated heterocycles. The Morgan fingerprint density at radius 2 is 1.10 bits per heavy atom. The van der Waals surface area contributed by atoms with Gasteiger partial charge in [-0.15, -0.1) is 0 Å². The SMILES string of the molecule is Cc1cccc(P(c2ccccc2)c2ccccc2)c1.[H-].[Li+]. The van der Waals surface area contributed by atoms with E-state index < -0.39 is 7.92 Å². The fourth-order valence-electron chi connectivity index (χ4n) is 2.37. The summed E-state index contributed by atoms with van der Waals surface area (Å²) in [4.78, 5) is 0. The number of benzene rings is 3. The van der Waals surface area contributed by atoms with Gasteiger partial charge < -0.3 is 1.43 Å². The first-order valence-electron chi connectivity index (χ1n) is 6.81. The van der Waals surface area contributed by atoms with Crippen LogP contribution in [-0.2, 0) is 0 Å². The Kier molecular flexibility index (Phi) is 5.83. The Hall–Kier alpha value is -1.31. The second-order valence-corrected chi connectivity index (χ2v) is 7.07. The van der Waals surface area contributed by atoms with Crippen LogP contribution in [0.3, 0.4) is 0 Å². The summed E-state index contributed by atoms with van der Waals surface area (Å²) in [6.07, 6.45) is 0. The summed E-state index contributed by atoms with van der Waals surface area (Å²) in [5.41, 5.74) is 1.32. The zero-order valence-corrected chi connectivity index (χ0v) is 13.4. The van der Waals surface area contributed by atoms with Gasteiger partial charge in [0, 0.05) is 0 Å². The molecule has 3 rings (SSSR count).